The van der Waals surface area contributed by atoms with Gasteiger partial charge in [-0.25, -0.2) is 4.98 Å². The fourth-order valence-corrected chi connectivity index (χ4v) is 4.04. The Hall–Kier alpha value is -2.07. The molecule has 4 heteroatoms. The molecule has 2 aromatic rings. The summed E-state index contributed by atoms with van der Waals surface area (Å²) >= 11 is 0. The third-order valence-corrected chi connectivity index (χ3v) is 5.11. The Labute approximate surface area is 150 Å². The lowest BCUT2D eigenvalue weighted by Crippen LogP contribution is -2.33. The van der Waals surface area contributed by atoms with Crippen molar-refractivity contribution in [1.29, 1.82) is 0 Å². The third-order valence-electron chi connectivity index (χ3n) is 5.11. The van der Waals surface area contributed by atoms with Crippen molar-refractivity contribution in [1.82, 2.24) is 4.98 Å². The number of aromatic nitrogens is 1. The van der Waals surface area contributed by atoms with Gasteiger partial charge in [-0.2, -0.15) is 0 Å². The van der Waals surface area contributed by atoms with Crippen LogP contribution in [0, 0.1) is 27.7 Å². The molecule has 1 atom stereocenters. The van der Waals surface area contributed by atoms with Crippen LogP contribution in [0.25, 0.3) is 0 Å². The van der Waals surface area contributed by atoms with Gasteiger partial charge in [-0.05, 0) is 56.9 Å². The lowest BCUT2D eigenvalue weighted by molar-refractivity contribution is 0.262. The molecule has 2 heterocycles. The molecule has 134 valence electrons. The van der Waals surface area contributed by atoms with Crippen molar-refractivity contribution in [3.8, 4) is 0 Å². The lowest BCUT2D eigenvalue weighted by Gasteiger charge is -2.35. The minimum Gasteiger partial charge on any atom is -0.396 e. The molecular formula is C21H29N3O. The van der Waals surface area contributed by atoms with Gasteiger partial charge in [0.25, 0.3) is 0 Å². The van der Waals surface area contributed by atoms with Crippen LogP contribution in [0.2, 0.25) is 0 Å². The van der Waals surface area contributed by atoms with Crippen molar-refractivity contribution in [2.24, 2.45) is 0 Å². The average Bonchev–Trinajstić information content (AvgIpc) is 2.55. The Bertz CT molecular complexity index is 758. The van der Waals surface area contributed by atoms with E-state index >= 15 is 0 Å². The van der Waals surface area contributed by atoms with Gasteiger partial charge in [0.2, 0.25) is 0 Å². The van der Waals surface area contributed by atoms with Crippen molar-refractivity contribution in [2.45, 2.75) is 47.0 Å². The number of benzene rings is 1. The number of nitrogens with zero attached hydrogens (tertiary/aromatic N) is 2. The summed E-state index contributed by atoms with van der Waals surface area (Å²) in [4.78, 5) is 7.21. The Morgan fingerprint density at radius 3 is 2.44 bits per heavy atom. The van der Waals surface area contributed by atoms with Gasteiger partial charge in [-0.1, -0.05) is 24.6 Å². The van der Waals surface area contributed by atoms with Crippen LogP contribution in [0.3, 0.4) is 0 Å². The van der Waals surface area contributed by atoms with Gasteiger partial charge in [-0.3, -0.25) is 0 Å². The SMILES string of the molecule is CCC(CO)c1cc(C)nc2c1NCCN2c1c(C)cc(C)cc1C. The van der Waals surface area contributed by atoms with E-state index < -0.39 is 0 Å². The van der Waals surface area contributed by atoms with E-state index in [4.69, 9.17) is 4.98 Å². The Kier molecular flexibility index (Phi) is 5.00. The number of anilines is 3. The maximum atomic E-state index is 9.81. The topological polar surface area (TPSA) is 48.4 Å². The van der Waals surface area contributed by atoms with Crippen molar-refractivity contribution in [3.63, 3.8) is 0 Å². The zero-order chi connectivity index (χ0) is 18.1. The van der Waals surface area contributed by atoms with Gasteiger partial charge in [0.15, 0.2) is 5.82 Å². The summed E-state index contributed by atoms with van der Waals surface area (Å²) in [5.41, 5.74) is 8.37. The first kappa shape index (κ1) is 17.7. The quantitative estimate of drug-likeness (QED) is 0.869. The van der Waals surface area contributed by atoms with Crippen molar-refractivity contribution >= 4 is 17.2 Å². The van der Waals surface area contributed by atoms with E-state index in [-0.39, 0.29) is 12.5 Å². The number of hydrogen-bond donors (Lipinski definition) is 2. The van der Waals surface area contributed by atoms with Crippen LogP contribution in [0.1, 0.15) is 47.2 Å². The number of aliphatic hydroxyl groups excluding tert-OH is 1. The molecule has 1 unspecified atom stereocenters. The Balaban J connectivity index is 2.18. The Morgan fingerprint density at radius 1 is 1.16 bits per heavy atom. The van der Waals surface area contributed by atoms with Crippen LogP contribution >= 0.6 is 0 Å². The summed E-state index contributed by atoms with van der Waals surface area (Å²) in [7, 11) is 0. The number of aliphatic hydroxyl groups is 1. The van der Waals surface area contributed by atoms with Crippen molar-refractivity contribution in [3.05, 3.63) is 46.1 Å². The summed E-state index contributed by atoms with van der Waals surface area (Å²) in [5, 5.41) is 13.4. The van der Waals surface area contributed by atoms with Crippen LogP contribution in [-0.2, 0) is 0 Å². The van der Waals surface area contributed by atoms with Crippen LogP contribution in [0.5, 0.6) is 0 Å². The van der Waals surface area contributed by atoms with Crippen LogP contribution in [0.4, 0.5) is 17.2 Å². The molecule has 0 spiro atoms. The summed E-state index contributed by atoms with van der Waals surface area (Å²) < 4.78 is 0. The molecule has 0 fully saturated rings. The van der Waals surface area contributed by atoms with E-state index in [0.29, 0.717) is 0 Å². The van der Waals surface area contributed by atoms with Crippen LogP contribution in [-0.4, -0.2) is 29.8 Å². The molecule has 0 saturated heterocycles. The molecule has 4 nitrogen and oxygen atoms in total. The average molecular weight is 339 g/mol. The monoisotopic (exact) mass is 339 g/mol. The van der Waals surface area contributed by atoms with Crippen molar-refractivity contribution in [2.75, 3.05) is 29.9 Å². The highest BCUT2D eigenvalue weighted by atomic mass is 16.3. The smallest absolute Gasteiger partial charge is 0.157 e. The molecule has 1 aromatic heterocycles. The molecule has 0 saturated carbocycles. The van der Waals surface area contributed by atoms with Gasteiger partial charge in [0.1, 0.15) is 0 Å². The molecule has 0 radical (unpaired) electrons. The molecular weight excluding hydrogens is 310 g/mol. The maximum Gasteiger partial charge on any atom is 0.157 e. The van der Waals surface area contributed by atoms with E-state index in [0.717, 1.165) is 36.7 Å². The van der Waals surface area contributed by atoms with E-state index in [1.807, 2.05) is 6.92 Å². The van der Waals surface area contributed by atoms with E-state index in [2.05, 4.69) is 56.1 Å². The summed E-state index contributed by atoms with van der Waals surface area (Å²) in [6.45, 7) is 12.6. The van der Waals surface area contributed by atoms with Gasteiger partial charge < -0.3 is 15.3 Å². The zero-order valence-corrected chi connectivity index (χ0v) is 16.0. The number of rotatable bonds is 4. The van der Waals surface area contributed by atoms with E-state index in [1.165, 1.54) is 27.9 Å². The lowest BCUT2D eigenvalue weighted by atomic mass is 9.94. The molecule has 1 aliphatic heterocycles. The molecule has 3 rings (SSSR count). The third kappa shape index (κ3) is 3.23. The van der Waals surface area contributed by atoms with E-state index in [1.54, 1.807) is 0 Å². The first-order valence-electron chi connectivity index (χ1n) is 9.17. The molecule has 2 N–H and O–H groups in total. The number of pyridine rings is 1. The molecule has 1 aromatic carbocycles. The minimum atomic E-state index is 0.142. The predicted molar refractivity (Wildman–Crippen MR) is 105 cm³/mol. The first-order valence-corrected chi connectivity index (χ1v) is 9.17. The molecule has 1 aliphatic rings. The Morgan fingerprint density at radius 2 is 1.84 bits per heavy atom. The molecule has 0 aliphatic carbocycles. The highest BCUT2D eigenvalue weighted by molar-refractivity contribution is 5.81. The highest BCUT2D eigenvalue weighted by Gasteiger charge is 2.27. The van der Waals surface area contributed by atoms with Crippen molar-refractivity contribution < 1.29 is 5.11 Å². The standard InChI is InChI=1S/C21H29N3O/c1-6-17(12-25)18-11-16(5)23-21-19(18)22-7-8-24(21)20-14(3)9-13(2)10-15(20)4/h9-11,17,22,25H,6-8,12H2,1-5H3. The second kappa shape index (κ2) is 7.04. The van der Waals surface area contributed by atoms with Gasteiger partial charge >= 0.3 is 0 Å². The zero-order valence-electron chi connectivity index (χ0n) is 16.0. The number of hydrogen-bond acceptors (Lipinski definition) is 4. The molecule has 25 heavy (non-hydrogen) atoms. The van der Waals surface area contributed by atoms with Crippen LogP contribution < -0.4 is 10.2 Å². The van der Waals surface area contributed by atoms with Gasteiger partial charge in [0, 0.05) is 37.0 Å². The maximum absolute atomic E-state index is 9.81. The largest absolute Gasteiger partial charge is 0.396 e. The van der Waals surface area contributed by atoms with Gasteiger partial charge in [0.05, 0.1) is 5.69 Å². The molecule has 0 amide bonds. The second-order valence-electron chi connectivity index (χ2n) is 7.16. The fraction of sp³-hybridized carbons (Fsp3) is 0.476. The van der Waals surface area contributed by atoms with Gasteiger partial charge in [-0.15, -0.1) is 0 Å². The normalized spacial score (nSPS) is 14.9. The first-order chi connectivity index (χ1) is 12.0. The number of aryl methyl sites for hydroxylation is 4. The predicted octanol–water partition coefficient (Wildman–Crippen LogP) is 4.36. The number of fused-ring (bicyclic) bond motifs is 1. The van der Waals surface area contributed by atoms with E-state index in [9.17, 15) is 5.11 Å². The van der Waals surface area contributed by atoms with Crippen LogP contribution in [0.15, 0.2) is 18.2 Å². The highest BCUT2D eigenvalue weighted by Crippen LogP contribution is 2.41. The second-order valence-corrected chi connectivity index (χ2v) is 7.16. The fourth-order valence-electron chi connectivity index (χ4n) is 4.04. The summed E-state index contributed by atoms with van der Waals surface area (Å²) in [6.07, 6.45) is 0.913. The molecule has 0 bridgehead atoms. The summed E-state index contributed by atoms with van der Waals surface area (Å²) in [6, 6.07) is 6.60. The minimum absolute atomic E-state index is 0.142. The summed E-state index contributed by atoms with van der Waals surface area (Å²) in [5.74, 6) is 1.13. The number of nitrogens with one attached hydrogen (secondary N) is 1.